The molecule has 0 fully saturated rings. The van der Waals surface area contributed by atoms with Crippen molar-refractivity contribution >= 4 is 11.9 Å². The van der Waals surface area contributed by atoms with E-state index in [1.54, 1.807) is 7.05 Å². The van der Waals surface area contributed by atoms with Crippen molar-refractivity contribution in [3.63, 3.8) is 0 Å². The van der Waals surface area contributed by atoms with Gasteiger partial charge < -0.3 is 24.5 Å². The highest BCUT2D eigenvalue weighted by Crippen LogP contribution is 2.04. The van der Waals surface area contributed by atoms with E-state index in [1.807, 2.05) is 0 Å². The monoisotopic (exact) mass is 395 g/mol. The molecule has 0 aliphatic heterocycles. The molecule has 1 N–H and O–H groups in total. The number of carbonyl (C=O) groups is 2. The molecule has 0 aliphatic rings. The summed E-state index contributed by atoms with van der Waals surface area (Å²) in [5.41, 5.74) is 0. The number of hydrogen-bond acceptors (Lipinski definition) is 11. The molecule has 0 spiro atoms. The number of rotatable bonds is 17. The largest absolute Gasteiger partial charge is 0.466 e. The number of carbonyl (C=O) groups excluding carboxylic acids is 2. The molecule has 0 saturated carbocycles. The van der Waals surface area contributed by atoms with Gasteiger partial charge in [-0.25, -0.2) is 0 Å². The Bertz CT molecular complexity index is 474. The van der Waals surface area contributed by atoms with E-state index in [0.717, 1.165) is 0 Å². The van der Waals surface area contributed by atoms with Crippen LogP contribution in [0.15, 0.2) is 0 Å². The van der Waals surface area contributed by atoms with Crippen LogP contribution in [0, 0.1) is 20.2 Å². The summed E-state index contributed by atoms with van der Waals surface area (Å²) < 4.78 is 9.99. The molecule has 0 heterocycles. The Kier molecular flexibility index (Phi) is 14.0. The Balaban J connectivity index is 3.78. The van der Waals surface area contributed by atoms with Gasteiger partial charge in [-0.3, -0.25) is 9.59 Å². The lowest BCUT2D eigenvalue weighted by atomic mass is 10.1. The number of likely N-dealkylation sites (N-methyl/N-ethyl adjacent to an activating group) is 1. The van der Waals surface area contributed by atoms with E-state index in [9.17, 15) is 29.8 Å². The third kappa shape index (κ3) is 15.3. The van der Waals surface area contributed by atoms with E-state index in [0.29, 0.717) is 25.7 Å². The van der Waals surface area contributed by atoms with E-state index in [1.165, 1.54) is 0 Å². The van der Waals surface area contributed by atoms with Crippen molar-refractivity contribution in [3.8, 4) is 0 Å². The number of unbranched alkanes of at least 4 members (excludes halogenated alkanes) is 2. The van der Waals surface area contributed by atoms with Gasteiger partial charge in [0.1, 0.15) is 6.04 Å². The first kappa shape index (κ1) is 24.3. The Morgan fingerprint density at radius 2 is 1.37 bits per heavy atom. The predicted molar refractivity (Wildman–Crippen MR) is 88.4 cm³/mol. The normalized spacial score (nSPS) is 11.3. The molecule has 0 aliphatic carbocycles. The first-order valence-corrected chi connectivity index (χ1v) is 8.41. The molecule has 13 heteroatoms. The summed E-state index contributed by atoms with van der Waals surface area (Å²) in [4.78, 5) is 51.6. The van der Waals surface area contributed by atoms with Crippen molar-refractivity contribution < 1.29 is 38.9 Å². The van der Waals surface area contributed by atoms with E-state index >= 15 is 0 Å². The van der Waals surface area contributed by atoms with Crippen LogP contribution in [-0.2, 0) is 28.7 Å². The number of hydrogen-bond donors (Lipinski definition) is 1. The second kappa shape index (κ2) is 15.5. The van der Waals surface area contributed by atoms with Crippen molar-refractivity contribution in [1.82, 2.24) is 5.32 Å². The van der Waals surface area contributed by atoms with E-state index in [-0.39, 0.29) is 39.3 Å². The average Bonchev–Trinajstić information content (AvgIpc) is 2.60. The van der Waals surface area contributed by atoms with Gasteiger partial charge in [-0.15, -0.1) is 20.2 Å². The second-order valence-electron chi connectivity index (χ2n) is 5.30. The Morgan fingerprint density at radius 1 is 0.889 bits per heavy atom. The lowest BCUT2D eigenvalue weighted by molar-refractivity contribution is -0.757. The van der Waals surface area contributed by atoms with Gasteiger partial charge in [0.05, 0.1) is 26.4 Å². The minimum atomic E-state index is -0.886. The lowest BCUT2D eigenvalue weighted by Crippen LogP contribution is -2.36. The molecule has 0 amide bonds. The predicted octanol–water partition coefficient (Wildman–Crippen LogP) is 0.418. The second-order valence-corrected chi connectivity index (χ2v) is 5.30. The molecule has 0 saturated heterocycles. The highest BCUT2D eigenvalue weighted by molar-refractivity contribution is 5.77. The van der Waals surface area contributed by atoms with E-state index in [4.69, 9.17) is 9.47 Å². The van der Waals surface area contributed by atoms with Crippen LogP contribution >= 0.6 is 0 Å². The summed E-state index contributed by atoms with van der Waals surface area (Å²) in [6, 6.07) is -0.680. The van der Waals surface area contributed by atoms with Crippen LogP contribution in [0.2, 0.25) is 0 Å². The summed E-state index contributed by atoms with van der Waals surface area (Å²) in [6.45, 7) is 0.0793. The van der Waals surface area contributed by atoms with Gasteiger partial charge in [0, 0.05) is 6.42 Å². The topological polar surface area (TPSA) is 169 Å². The average molecular weight is 395 g/mol. The molecule has 0 aromatic heterocycles. The first-order valence-electron chi connectivity index (χ1n) is 8.41. The fourth-order valence-corrected chi connectivity index (χ4v) is 1.86. The maximum Gasteiger partial charge on any atom is 0.323 e. The van der Waals surface area contributed by atoms with E-state index < -0.39 is 28.2 Å². The summed E-state index contributed by atoms with van der Waals surface area (Å²) in [5.74, 6) is -1.02. The van der Waals surface area contributed by atoms with E-state index in [2.05, 4.69) is 15.0 Å². The minimum absolute atomic E-state index is 0.00266. The SMILES string of the molecule is CNC(CCC(=O)OCCCCO[N+](=O)[O-])C(=O)OCCCCO[N+](=O)[O-]. The Hall–Kier alpha value is -2.70. The standard InChI is InChI=1S/C14H25N3O10/c1-15-12(14(19)25-9-3-5-11-27-17(22)23)6-7-13(18)24-8-2-4-10-26-16(20)21/h12,15H,2-11H2,1H3. The molecular formula is C14H25N3O10. The smallest absolute Gasteiger partial charge is 0.323 e. The lowest BCUT2D eigenvalue weighted by Gasteiger charge is -2.15. The van der Waals surface area contributed by atoms with Gasteiger partial charge in [0.2, 0.25) is 0 Å². The van der Waals surface area contributed by atoms with Crippen LogP contribution in [0.25, 0.3) is 0 Å². The van der Waals surface area contributed by atoms with Crippen LogP contribution in [0.5, 0.6) is 0 Å². The highest BCUT2D eigenvalue weighted by atomic mass is 17.0. The van der Waals surface area contributed by atoms with Crippen LogP contribution < -0.4 is 5.32 Å². The molecule has 0 bridgehead atoms. The molecule has 156 valence electrons. The highest BCUT2D eigenvalue weighted by Gasteiger charge is 2.19. The summed E-state index contributed by atoms with van der Waals surface area (Å²) >= 11 is 0. The van der Waals surface area contributed by atoms with Crippen molar-refractivity contribution in [2.45, 2.75) is 44.6 Å². The third-order valence-corrected chi connectivity index (χ3v) is 3.25. The molecule has 0 rings (SSSR count). The fraction of sp³-hybridized carbons (Fsp3) is 0.857. The zero-order chi connectivity index (χ0) is 20.5. The van der Waals surface area contributed by atoms with Crippen LogP contribution in [0.3, 0.4) is 0 Å². The molecule has 0 aromatic rings. The number of nitrogens with one attached hydrogen (secondary N) is 1. The van der Waals surface area contributed by atoms with Crippen molar-refractivity contribution in [2.24, 2.45) is 0 Å². The summed E-state index contributed by atoms with van der Waals surface area (Å²) in [5, 5.41) is 20.9. The van der Waals surface area contributed by atoms with Gasteiger partial charge in [-0.2, -0.15) is 0 Å². The van der Waals surface area contributed by atoms with Gasteiger partial charge in [0.25, 0.3) is 10.2 Å². The van der Waals surface area contributed by atoms with Crippen molar-refractivity contribution in [2.75, 3.05) is 33.5 Å². The molecule has 1 atom stereocenters. The van der Waals surface area contributed by atoms with Crippen LogP contribution in [-0.4, -0.2) is 61.6 Å². The minimum Gasteiger partial charge on any atom is -0.466 e. The molecule has 13 nitrogen and oxygen atoms in total. The quantitative estimate of drug-likeness (QED) is 0.157. The first-order chi connectivity index (χ1) is 12.9. The van der Waals surface area contributed by atoms with Crippen molar-refractivity contribution in [3.05, 3.63) is 20.2 Å². The summed E-state index contributed by atoms with van der Waals surface area (Å²) in [7, 11) is 1.55. The molecule has 0 aromatic carbocycles. The zero-order valence-electron chi connectivity index (χ0n) is 15.1. The molecule has 0 radical (unpaired) electrons. The maximum absolute atomic E-state index is 11.9. The maximum atomic E-state index is 11.9. The third-order valence-electron chi connectivity index (χ3n) is 3.25. The summed E-state index contributed by atoms with van der Waals surface area (Å²) in [6.07, 6.45) is 1.78. The Morgan fingerprint density at radius 3 is 1.85 bits per heavy atom. The molecular weight excluding hydrogens is 370 g/mol. The zero-order valence-corrected chi connectivity index (χ0v) is 15.1. The number of esters is 2. The Labute approximate surface area is 155 Å². The number of ether oxygens (including phenoxy) is 2. The van der Waals surface area contributed by atoms with Gasteiger partial charge in [-0.05, 0) is 39.2 Å². The van der Waals surface area contributed by atoms with Gasteiger partial charge in [-0.1, -0.05) is 0 Å². The van der Waals surface area contributed by atoms with Gasteiger partial charge >= 0.3 is 11.9 Å². The van der Waals surface area contributed by atoms with Crippen molar-refractivity contribution in [1.29, 1.82) is 0 Å². The van der Waals surface area contributed by atoms with Crippen LogP contribution in [0.4, 0.5) is 0 Å². The van der Waals surface area contributed by atoms with Crippen LogP contribution in [0.1, 0.15) is 38.5 Å². The molecule has 1 unspecified atom stereocenters. The number of nitrogens with zero attached hydrogens (tertiary/aromatic N) is 2. The van der Waals surface area contributed by atoms with Gasteiger partial charge in [0.15, 0.2) is 0 Å². The molecule has 27 heavy (non-hydrogen) atoms. The fourth-order valence-electron chi connectivity index (χ4n) is 1.86.